The highest BCUT2D eigenvalue weighted by Crippen LogP contribution is 2.32. The van der Waals surface area contributed by atoms with Gasteiger partial charge in [-0.15, -0.1) is 0 Å². The molecule has 0 unspecified atom stereocenters. The molecular formula is C17H20ClN3O4S. The number of methoxy groups -OCH3 is 1. The lowest BCUT2D eigenvalue weighted by Crippen LogP contribution is -2.17. The first-order chi connectivity index (χ1) is 12.1. The van der Waals surface area contributed by atoms with Crippen molar-refractivity contribution >= 4 is 44.6 Å². The quantitative estimate of drug-likeness (QED) is 0.781. The summed E-state index contributed by atoms with van der Waals surface area (Å²) >= 11 is 6.00. The predicted molar refractivity (Wildman–Crippen MR) is 104 cm³/mol. The molecule has 0 heterocycles. The standard InChI is InChI=1S/C17H20ClN3O4S/c1-11(22)19-15-10-13(6-8-17(15)25-4)26(23,24)20-14-9-12(18)5-7-16(14)21(2)3/h5-10,20H,1-4H3,(H,19,22). The summed E-state index contributed by atoms with van der Waals surface area (Å²) in [5.74, 6) is 0.0198. The fraction of sp³-hybridized carbons (Fsp3) is 0.235. The zero-order chi connectivity index (χ0) is 19.5. The molecule has 2 aromatic carbocycles. The van der Waals surface area contributed by atoms with Crippen molar-refractivity contribution in [3.63, 3.8) is 0 Å². The average Bonchev–Trinajstić information content (AvgIpc) is 2.53. The Balaban J connectivity index is 2.45. The van der Waals surface area contributed by atoms with E-state index in [0.717, 1.165) is 0 Å². The van der Waals surface area contributed by atoms with E-state index in [2.05, 4.69) is 10.0 Å². The van der Waals surface area contributed by atoms with E-state index in [-0.39, 0.29) is 16.5 Å². The van der Waals surface area contributed by atoms with E-state index < -0.39 is 10.0 Å². The number of rotatable bonds is 6. The molecule has 0 spiro atoms. The largest absolute Gasteiger partial charge is 0.495 e. The monoisotopic (exact) mass is 397 g/mol. The van der Waals surface area contributed by atoms with Gasteiger partial charge in [0.05, 0.1) is 29.1 Å². The van der Waals surface area contributed by atoms with Crippen molar-refractivity contribution in [2.45, 2.75) is 11.8 Å². The van der Waals surface area contributed by atoms with Crippen molar-refractivity contribution < 1.29 is 17.9 Å². The Hall–Kier alpha value is -2.45. The highest BCUT2D eigenvalue weighted by Gasteiger charge is 2.19. The third-order valence-corrected chi connectivity index (χ3v) is 5.07. The number of anilines is 3. The zero-order valence-corrected chi connectivity index (χ0v) is 16.4. The van der Waals surface area contributed by atoms with Gasteiger partial charge in [-0.3, -0.25) is 9.52 Å². The lowest BCUT2D eigenvalue weighted by molar-refractivity contribution is -0.114. The lowest BCUT2D eigenvalue weighted by Gasteiger charge is -2.19. The van der Waals surface area contributed by atoms with Crippen LogP contribution in [0.15, 0.2) is 41.3 Å². The highest BCUT2D eigenvalue weighted by atomic mass is 35.5. The molecule has 0 radical (unpaired) electrons. The number of hydrogen-bond acceptors (Lipinski definition) is 5. The number of benzene rings is 2. The Morgan fingerprint density at radius 1 is 1.12 bits per heavy atom. The maximum Gasteiger partial charge on any atom is 0.262 e. The molecule has 0 aliphatic carbocycles. The maximum absolute atomic E-state index is 12.8. The summed E-state index contributed by atoms with van der Waals surface area (Å²) in [6.45, 7) is 1.33. The van der Waals surface area contributed by atoms with Gasteiger partial charge >= 0.3 is 0 Å². The molecule has 9 heteroatoms. The molecule has 0 bridgehead atoms. The lowest BCUT2D eigenvalue weighted by atomic mass is 10.2. The Morgan fingerprint density at radius 2 is 1.81 bits per heavy atom. The Bertz CT molecular complexity index is 930. The summed E-state index contributed by atoms with van der Waals surface area (Å²) in [5, 5.41) is 2.96. The number of nitrogens with one attached hydrogen (secondary N) is 2. The third-order valence-electron chi connectivity index (χ3n) is 3.48. The number of hydrogen-bond donors (Lipinski definition) is 2. The van der Waals surface area contributed by atoms with E-state index in [1.54, 1.807) is 31.1 Å². The predicted octanol–water partition coefficient (Wildman–Crippen LogP) is 3.17. The van der Waals surface area contributed by atoms with Crippen LogP contribution in [0.1, 0.15) is 6.92 Å². The number of amides is 1. The van der Waals surface area contributed by atoms with Crippen molar-refractivity contribution in [3.05, 3.63) is 41.4 Å². The van der Waals surface area contributed by atoms with Gasteiger partial charge in [0.2, 0.25) is 5.91 Å². The molecule has 1 amide bonds. The summed E-state index contributed by atoms with van der Waals surface area (Å²) in [5.41, 5.74) is 1.27. The minimum Gasteiger partial charge on any atom is -0.495 e. The van der Waals surface area contributed by atoms with Crippen molar-refractivity contribution in [1.82, 2.24) is 0 Å². The molecule has 0 aliphatic rings. The van der Waals surface area contributed by atoms with Gasteiger partial charge in [0.25, 0.3) is 10.0 Å². The van der Waals surface area contributed by atoms with Crippen LogP contribution in [-0.2, 0) is 14.8 Å². The first kappa shape index (κ1) is 19.9. The summed E-state index contributed by atoms with van der Waals surface area (Å²) < 4.78 is 33.3. The van der Waals surface area contributed by atoms with E-state index >= 15 is 0 Å². The van der Waals surface area contributed by atoms with Gasteiger partial charge < -0.3 is 15.0 Å². The Kier molecular flexibility index (Phi) is 5.99. The second-order valence-electron chi connectivity index (χ2n) is 5.70. The molecule has 140 valence electrons. The summed E-state index contributed by atoms with van der Waals surface area (Å²) in [6, 6.07) is 9.14. The molecule has 0 aromatic heterocycles. The minimum atomic E-state index is -3.91. The second kappa shape index (κ2) is 7.84. The summed E-state index contributed by atoms with van der Waals surface area (Å²) in [7, 11) is 1.11. The molecule has 2 aromatic rings. The first-order valence-corrected chi connectivity index (χ1v) is 9.45. The Labute approximate surface area is 158 Å². The van der Waals surface area contributed by atoms with Crippen molar-refractivity contribution in [3.8, 4) is 5.75 Å². The number of nitrogens with zero attached hydrogens (tertiary/aromatic N) is 1. The average molecular weight is 398 g/mol. The molecule has 0 aliphatic heterocycles. The van der Waals surface area contributed by atoms with Crippen LogP contribution in [0.5, 0.6) is 5.75 Å². The van der Waals surface area contributed by atoms with Crippen LogP contribution >= 0.6 is 11.6 Å². The van der Waals surface area contributed by atoms with Crippen LogP contribution in [0.4, 0.5) is 17.1 Å². The first-order valence-electron chi connectivity index (χ1n) is 7.59. The SMILES string of the molecule is COc1ccc(S(=O)(=O)Nc2cc(Cl)ccc2N(C)C)cc1NC(C)=O. The van der Waals surface area contributed by atoms with Gasteiger partial charge in [-0.25, -0.2) is 8.42 Å². The van der Waals surface area contributed by atoms with Crippen molar-refractivity contribution in [2.24, 2.45) is 0 Å². The van der Waals surface area contributed by atoms with Crippen LogP contribution in [0.2, 0.25) is 5.02 Å². The third kappa shape index (κ3) is 4.59. The summed E-state index contributed by atoms with van der Waals surface area (Å²) in [4.78, 5) is 13.1. The van der Waals surface area contributed by atoms with E-state index in [0.29, 0.717) is 22.1 Å². The van der Waals surface area contributed by atoms with Gasteiger partial charge in [0, 0.05) is 26.0 Å². The van der Waals surface area contributed by atoms with Crippen molar-refractivity contribution in [2.75, 3.05) is 36.1 Å². The number of carbonyl (C=O) groups excluding carboxylic acids is 1. The zero-order valence-electron chi connectivity index (χ0n) is 14.8. The molecular weight excluding hydrogens is 378 g/mol. The second-order valence-corrected chi connectivity index (χ2v) is 7.82. The molecule has 26 heavy (non-hydrogen) atoms. The van der Waals surface area contributed by atoms with Crippen LogP contribution in [0.3, 0.4) is 0 Å². The molecule has 0 saturated heterocycles. The molecule has 0 atom stereocenters. The number of halogens is 1. The number of carbonyl (C=O) groups is 1. The molecule has 7 nitrogen and oxygen atoms in total. The molecule has 0 saturated carbocycles. The van der Waals surface area contributed by atoms with E-state index in [4.69, 9.17) is 16.3 Å². The summed E-state index contributed by atoms with van der Waals surface area (Å²) in [6.07, 6.45) is 0. The van der Waals surface area contributed by atoms with Crippen LogP contribution in [-0.4, -0.2) is 35.5 Å². The van der Waals surface area contributed by atoms with E-state index in [1.807, 2.05) is 0 Å². The van der Waals surface area contributed by atoms with Crippen molar-refractivity contribution in [1.29, 1.82) is 0 Å². The molecule has 0 fully saturated rings. The smallest absolute Gasteiger partial charge is 0.262 e. The van der Waals surface area contributed by atoms with Gasteiger partial charge in [-0.1, -0.05) is 11.6 Å². The van der Waals surface area contributed by atoms with Crippen LogP contribution < -0.4 is 19.7 Å². The Morgan fingerprint density at radius 3 is 2.38 bits per heavy atom. The molecule has 2 rings (SSSR count). The van der Waals surface area contributed by atoms with Crippen LogP contribution in [0.25, 0.3) is 0 Å². The highest BCUT2D eigenvalue weighted by molar-refractivity contribution is 7.92. The fourth-order valence-corrected chi connectivity index (χ4v) is 3.59. The fourth-order valence-electron chi connectivity index (χ4n) is 2.33. The topological polar surface area (TPSA) is 87.7 Å². The number of ether oxygens (including phenoxy) is 1. The van der Waals surface area contributed by atoms with Gasteiger partial charge in [-0.2, -0.15) is 0 Å². The van der Waals surface area contributed by atoms with Gasteiger partial charge in [0.1, 0.15) is 5.75 Å². The van der Waals surface area contributed by atoms with E-state index in [1.165, 1.54) is 38.3 Å². The normalized spacial score (nSPS) is 11.0. The van der Waals surface area contributed by atoms with E-state index in [9.17, 15) is 13.2 Å². The maximum atomic E-state index is 12.8. The number of sulfonamides is 1. The minimum absolute atomic E-state index is 0.0215. The molecule has 2 N–H and O–H groups in total. The van der Waals surface area contributed by atoms with Gasteiger partial charge in [0.15, 0.2) is 0 Å². The van der Waals surface area contributed by atoms with Gasteiger partial charge in [-0.05, 0) is 36.4 Å². The van der Waals surface area contributed by atoms with Crippen LogP contribution in [0, 0.1) is 0 Å².